The molecule has 29 heavy (non-hydrogen) atoms. The zero-order chi connectivity index (χ0) is 21.2. The second kappa shape index (κ2) is 8.00. The van der Waals surface area contributed by atoms with E-state index in [2.05, 4.69) is 9.98 Å². The number of rotatable bonds is 5. The van der Waals surface area contributed by atoms with Gasteiger partial charge in [0.05, 0.1) is 18.7 Å². The molecule has 1 aromatic carbocycles. The molecule has 10 heteroatoms. The number of hydrogen-bond donors (Lipinski definition) is 2. The molecule has 1 aliphatic heterocycles. The van der Waals surface area contributed by atoms with Crippen molar-refractivity contribution in [3.63, 3.8) is 0 Å². The standard InChI is InChI=1S/C19H21F2N5O3/c1-19(28-2)9-26(10-19)16-14(20)6-12(7-24-16)13-5-3-4-11(15(13)21)8-29-18(27)25-17(22)23/h3-7H,8-10H2,1-2H3,(H4,22,23,25,27). The van der Waals surface area contributed by atoms with Gasteiger partial charge in [-0.25, -0.2) is 18.6 Å². The van der Waals surface area contributed by atoms with Crippen molar-refractivity contribution >= 4 is 17.9 Å². The average molecular weight is 405 g/mol. The molecule has 0 aliphatic carbocycles. The number of ether oxygens (including phenoxy) is 2. The van der Waals surface area contributed by atoms with E-state index in [1.54, 1.807) is 18.1 Å². The summed E-state index contributed by atoms with van der Waals surface area (Å²) >= 11 is 0. The van der Waals surface area contributed by atoms with Crippen LogP contribution in [0.4, 0.5) is 19.4 Å². The maximum Gasteiger partial charge on any atom is 0.437 e. The van der Waals surface area contributed by atoms with E-state index >= 15 is 0 Å². The Hall–Kier alpha value is -3.27. The Balaban J connectivity index is 1.78. The summed E-state index contributed by atoms with van der Waals surface area (Å²) in [4.78, 5) is 20.5. The first-order valence-corrected chi connectivity index (χ1v) is 8.72. The molecular weight excluding hydrogens is 384 g/mol. The molecule has 3 rings (SSSR count). The minimum atomic E-state index is -1.04. The van der Waals surface area contributed by atoms with Crippen molar-refractivity contribution in [3.05, 3.63) is 47.7 Å². The van der Waals surface area contributed by atoms with Gasteiger partial charge in [-0.2, -0.15) is 0 Å². The number of hydrogen-bond acceptors (Lipinski definition) is 5. The molecular formula is C19H21F2N5O3. The Bertz CT molecular complexity index is 957. The summed E-state index contributed by atoms with van der Waals surface area (Å²) in [5.74, 6) is -1.50. The fourth-order valence-electron chi connectivity index (χ4n) is 3.04. The predicted octanol–water partition coefficient (Wildman–Crippen LogP) is 2.16. The van der Waals surface area contributed by atoms with Gasteiger partial charge in [-0.1, -0.05) is 18.2 Å². The van der Waals surface area contributed by atoms with Crippen LogP contribution in [0.25, 0.3) is 11.1 Å². The lowest BCUT2D eigenvalue weighted by molar-refractivity contribution is -0.0174. The molecule has 8 nitrogen and oxygen atoms in total. The first-order chi connectivity index (χ1) is 13.7. The highest BCUT2D eigenvalue weighted by Gasteiger charge is 2.40. The third-order valence-electron chi connectivity index (χ3n) is 4.63. The highest BCUT2D eigenvalue weighted by atomic mass is 19.1. The van der Waals surface area contributed by atoms with Gasteiger partial charge in [0.25, 0.3) is 0 Å². The van der Waals surface area contributed by atoms with Crippen molar-refractivity contribution in [1.29, 1.82) is 0 Å². The summed E-state index contributed by atoms with van der Waals surface area (Å²) in [6, 6.07) is 5.70. The number of amides is 1. The third-order valence-corrected chi connectivity index (χ3v) is 4.63. The van der Waals surface area contributed by atoms with Crippen LogP contribution in [0.5, 0.6) is 0 Å². The van der Waals surface area contributed by atoms with Crippen molar-refractivity contribution in [3.8, 4) is 11.1 Å². The molecule has 0 bridgehead atoms. The maximum absolute atomic E-state index is 14.8. The first kappa shape index (κ1) is 20.5. The van der Waals surface area contributed by atoms with Crippen LogP contribution in [0.3, 0.4) is 0 Å². The molecule has 1 aliphatic rings. The van der Waals surface area contributed by atoms with E-state index in [0.29, 0.717) is 13.1 Å². The van der Waals surface area contributed by atoms with E-state index < -0.39 is 23.7 Å². The van der Waals surface area contributed by atoms with Gasteiger partial charge in [0, 0.05) is 30.0 Å². The zero-order valence-corrected chi connectivity index (χ0v) is 16.0. The predicted molar refractivity (Wildman–Crippen MR) is 103 cm³/mol. The molecule has 0 spiro atoms. The number of carbonyl (C=O) groups is 1. The van der Waals surface area contributed by atoms with E-state index in [4.69, 9.17) is 20.9 Å². The maximum atomic E-state index is 14.8. The molecule has 0 atom stereocenters. The van der Waals surface area contributed by atoms with Crippen LogP contribution in [-0.4, -0.2) is 42.8 Å². The van der Waals surface area contributed by atoms with E-state index in [0.717, 1.165) is 0 Å². The smallest absolute Gasteiger partial charge is 0.437 e. The summed E-state index contributed by atoms with van der Waals surface area (Å²) in [7, 11) is 1.61. The van der Waals surface area contributed by atoms with E-state index in [9.17, 15) is 13.6 Å². The van der Waals surface area contributed by atoms with Gasteiger partial charge in [0.1, 0.15) is 12.4 Å². The number of nitrogens with zero attached hydrogens (tertiary/aromatic N) is 3. The molecule has 0 radical (unpaired) electrons. The van der Waals surface area contributed by atoms with Crippen LogP contribution in [0.2, 0.25) is 0 Å². The first-order valence-electron chi connectivity index (χ1n) is 8.72. The van der Waals surface area contributed by atoms with Crippen LogP contribution < -0.4 is 16.4 Å². The summed E-state index contributed by atoms with van der Waals surface area (Å²) < 4.78 is 39.6. The van der Waals surface area contributed by atoms with Crippen molar-refractivity contribution in [2.45, 2.75) is 19.1 Å². The van der Waals surface area contributed by atoms with E-state index in [1.807, 2.05) is 6.92 Å². The second-order valence-corrected chi connectivity index (χ2v) is 6.91. The van der Waals surface area contributed by atoms with Gasteiger partial charge >= 0.3 is 6.09 Å². The number of aliphatic imine (C=N–C) groups is 1. The van der Waals surface area contributed by atoms with Gasteiger partial charge in [-0.05, 0) is 13.0 Å². The SMILES string of the molecule is COC1(C)CN(c2ncc(-c3cccc(COC(=O)N=C(N)N)c3F)cc2F)C1. The lowest BCUT2D eigenvalue weighted by Gasteiger charge is -2.47. The van der Waals surface area contributed by atoms with Crippen LogP contribution in [0, 0.1) is 11.6 Å². The number of aromatic nitrogens is 1. The Kier molecular flexibility index (Phi) is 5.64. The average Bonchev–Trinajstić information content (AvgIpc) is 2.64. The van der Waals surface area contributed by atoms with Crippen molar-refractivity contribution in [2.24, 2.45) is 16.5 Å². The molecule has 1 aromatic heterocycles. The van der Waals surface area contributed by atoms with E-state index in [1.165, 1.54) is 24.4 Å². The normalized spacial score (nSPS) is 14.8. The highest BCUT2D eigenvalue weighted by molar-refractivity contribution is 5.87. The number of guanidine groups is 1. The lowest BCUT2D eigenvalue weighted by Crippen LogP contribution is -2.61. The Morgan fingerprint density at radius 1 is 1.34 bits per heavy atom. The molecule has 2 heterocycles. The van der Waals surface area contributed by atoms with Crippen LogP contribution >= 0.6 is 0 Å². The molecule has 4 N–H and O–H groups in total. The molecule has 1 amide bonds. The quantitative estimate of drug-likeness (QED) is 0.578. The van der Waals surface area contributed by atoms with Gasteiger partial charge in [0.15, 0.2) is 17.6 Å². The number of anilines is 1. The van der Waals surface area contributed by atoms with Gasteiger partial charge in [-0.15, -0.1) is 4.99 Å². The fraction of sp³-hybridized carbons (Fsp3) is 0.316. The lowest BCUT2D eigenvalue weighted by atomic mass is 9.96. The fourth-order valence-corrected chi connectivity index (χ4v) is 3.04. The third kappa shape index (κ3) is 4.43. The van der Waals surface area contributed by atoms with Gasteiger partial charge < -0.3 is 25.8 Å². The Morgan fingerprint density at radius 3 is 2.69 bits per heavy atom. The number of benzene rings is 1. The molecule has 2 aromatic rings. The molecule has 0 unspecified atom stereocenters. The van der Waals surface area contributed by atoms with Gasteiger partial charge in [-0.3, -0.25) is 0 Å². The topological polar surface area (TPSA) is 116 Å². The van der Waals surface area contributed by atoms with Crippen molar-refractivity contribution < 1.29 is 23.0 Å². The second-order valence-electron chi connectivity index (χ2n) is 6.91. The number of carbonyl (C=O) groups excluding carboxylic acids is 1. The monoisotopic (exact) mass is 405 g/mol. The summed E-state index contributed by atoms with van der Waals surface area (Å²) in [5.41, 5.74) is 10.3. The Labute approximate surface area is 166 Å². The van der Waals surface area contributed by atoms with Crippen LogP contribution in [-0.2, 0) is 16.1 Å². The Morgan fingerprint density at radius 2 is 2.07 bits per heavy atom. The summed E-state index contributed by atoms with van der Waals surface area (Å²) in [6.45, 7) is 2.57. The number of nitrogens with two attached hydrogens (primary N) is 2. The minimum Gasteiger partial charge on any atom is -0.443 e. The molecule has 1 fully saturated rings. The summed E-state index contributed by atoms with van der Waals surface area (Å²) in [5, 5.41) is 0. The van der Waals surface area contributed by atoms with Crippen LogP contribution in [0.1, 0.15) is 12.5 Å². The molecule has 0 saturated carbocycles. The molecule has 1 saturated heterocycles. The molecule has 154 valence electrons. The van der Waals surface area contributed by atoms with Gasteiger partial charge in [0.2, 0.25) is 0 Å². The van der Waals surface area contributed by atoms with Crippen molar-refractivity contribution in [1.82, 2.24) is 4.98 Å². The number of pyridine rings is 1. The van der Waals surface area contributed by atoms with E-state index in [-0.39, 0.29) is 34.7 Å². The summed E-state index contributed by atoms with van der Waals surface area (Å²) in [6.07, 6.45) is 0.360. The largest absolute Gasteiger partial charge is 0.443 e. The highest BCUT2D eigenvalue weighted by Crippen LogP contribution is 2.32. The number of halogens is 2. The number of methoxy groups -OCH3 is 1. The zero-order valence-electron chi connectivity index (χ0n) is 16.0. The van der Waals surface area contributed by atoms with Crippen LogP contribution in [0.15, 0.2) is 35.5 Å². The van der Waals surface area contributed by atoms with Crippen molar-refractivity contribution in [2.75, 3.05) is 25.1 Å². The minimum absolute atomic E-state index is 0.0877.